The van der Waals surface area contributed by atoms with Gasteiger partial charge in [0, 0.05) is 43.1 Å². The normalized spacial score (nSPS) is 22.0. The van der Waals surface area contributed by atoms with E-state index in [1.54, 1.807) is 12.3 Å². The minimum absolute atomic E-state index is 0.00858. The zero-order chi connectivity index (χ0) is 19.2. The molecule has 142 valence electrons. The number of hydrogen-bond donors (Lipinski definition) is 2. The Hall–Kier alpha value is -2.83. The molecule has 2 aliphatic rings. The summed E-state index contributed by atoms with van der Waals surface area (Å²) in [7, 11) is 0. The van der Waals surface area contributed by atoms with Crippen LogP contribution in [-0.4, -0.2) is 42.5 Å². The maximum absolute atomic E-state index is 11.9. The van der Waals surface area contributed by atoms with Gasteiger partial charge in [0.2, 0.25) is 5.91 Å². The number of anilines is 1. The Morgan fingerprint density at radius 3 is 2.89 bits per heavy atom. The average Bonchev–Trinajstić information content (AvgIpc) is 3.19. The van der Waals surface area contributed by atoms with Gasteiger partial charge in [-0.3, -0.25) is 9.59 Å². The van der Waals surface area contributed by atoms with E-state index in [9.17, 15) is 9.59 Å². The van der Waals surface area contributed by atoms with E-state index in [4.69, 9.17) is 10.5 Å². The molecule has 1 aromatic carbocycles. The molecule has 7 nitrogen and oxygen atoms in total. The maximum Gasteiger partial charge on any atom is 0.252 e. The molecule has 1 unspecified atom stereocenters. The molecule has 0 radical (unpaired) electrons. The number of hydrogen-bond acceptors (Lipinski definition) is 5. The first kappa shape index (κ1) is 17.6. The van der Waals surface area contributed by atoms with Crippen LogP contribution in [0.2, 0.25) is 0 Å². The zero-order valence-corrected chi connectivity index (χ0v) is 15.6. The molecule has 27 heavy (non-hydrogen) atoms. The van der Waals surface area contributed by atoms with Crippen LogP contribution in [0, 0.1) is 5.41 Å². The number of carbonyl (C=O) groups is 2. The van der Waals surface area contributed by atoms with Crippen molar-refractivity contribution in [3.63, 3.8) is 0 Å². The number of benzene rings is 1. The van der Waals surface area contributed by atoms with E-state index < -0.39 is 5.91 Å². The van der Waals surface area contributed by atoms with Crippen molar-refractivity contribution in [1.82, 2.24) is 10.3 Å². The van der Waals surface area contributed by atoms with Crippen molar-refractivity contribution in [2.24, 2.45) is 11.1 Å². The smallest absolute Gasteiger partial charge is 0.252 e. The minimum Gasteiger partial charge on any atom is -0.490 e. The number of rotatable bonds is 4. The minimum atomic E-state index is -0.512. The fourth-order valence-electron chi connectivity index (χ4n) is 4.14. The highest BCUT2D eigenvalue weighted by Gasteiger charge is 2.44. The first-order valence-corrected chi connectivity index (χ1v) is 9.28. The molecule has 0 bridgehead atoms. The Morgan fingerprint density at radius 2 is 2.22 bits per heavy atom. The molecule has 0 aliphatic carbocycles. The maximum atomic E-state index is 11.9. The van der Waals surface area contributed by atoms with Crippen LogP contribution in [0.15, 0.2) is 24.4 Å². The summed E-state index contributed by atoms with van der Waals surface area (Å²) in [5, 5.41) is 4.77. The molecule has 1 spiro atoms. The van der Waals surface area contributed by atoms with Gasteiger partial charge in [0.1, 0.15) is 11.6 Å². The summed E-state index contributed by atoms with van der Waals surface area (Å²) >= 11 is 0. The van der Waals surface area contributed by atoms with Gasteiger partial charge in [-0.05, 0) is 43.9 Å². The summed E-state index contributed by atoms with van der Waals surface area (Å²) in [6.45, 7) is 6.18. The summed E-state index contributed by atoms with van der Waals surface area (Å²) in [4.78, 5) is 30.4. The fraction of sp³-hybridized carbons (Fsp3) is 0.450. The average molecular weight is 368 g/mol. The molecule has 7 heteroatoms. The van der Waals surface area contributed by atoms with Crippen LogP contribution in [0.3, 0.4) is 0 Å². The molecule has 2 fully saturated rings. The predicted molar refractivity (Wildman–Crippen MR) is 103 cm³/mol. The molecular weight excluding hydrogens is 344 g/mol. The van der Waals surface area contributed by atoms with Gasteiger partial charge in [0.25, 0.3) is 5.91 Å². The fourth-order valence-corrected chi connectivity index (χ4v) is 4.14. The van der Waals surface area contributed by atoms with Gasteiger partial charge >= 0.3 is 0 Å². The predicted octanol–water partition coefficient (Wildman–Crippen LogP) is 1.84. The van der Waals surface area contributed by atoms with Gasteiger partial charge in [0.15, 0.2) is 0 Å². The number of amides is 2. The van der Waals surface area contributed by atoms with E-state index in [1.807, 2.05) is 26.0 Å². The molecular formula is C20H24N4O3. The molecule has 2 saturated heterocycles. The number of fused-ring (bicyclic) bond motifs is 1. The first-order chi connectivity index (χ1) is 12.9. The molecule has 3 N–H and O–H groups in total. The third-order valence-electron chi connectivity index (χ3n) is 5.41. The van der Waals surface area contributed by atoms with Crippen molar-refractivity contribution >= 4 is 28.4 Å². The first-order valence-electron chi connectivity index (χ1n) is 9.28. The number of pyridine rings is 1. The topological polar surface area (TPSA) is 97.6 Å². The van der Waals surface area contributed by atoms with Crippen LogP contribution in [0.4, 0.5) is 5.82 Å². The molecule has 1 aromatic heterocycles. The lowest BCUT2D eigenvalue weighted by Crippen LogP contribution is -2.29. The molecule has 2 aliphatic heterocycles. The summed E-state index contributed by atoms with van der Waals surface area (Å²) in [6.07, 6.45) is 3.20. The van der Waals surface area contributed by atoms with Crippen molar-refractivity contribution in [2.45, 2.75) is 32.8 Å². The van der Waals surface area contributed by atoms with Gasteiger partial charge < -0.3 is 20.7 Å². The van der Waals surface area contributed by atoms with Gasteiger partial charge in [-0.15, -0.1) is 0 Å². The van der Waals surface area contributed by atoms with Crippen LogP contribution in [0.1, 0.15) is 37.0 Å². The number of nitrogens with two attached hydrogens (primary N) is 1. The quantitative estimate of drug-likeness (QED) is 0.858. The molecule has 2 amide bonds. The second kappa shape index (κ2) is 6.40. The van der Waals surface area contributed by atoms with Crippen LogP contribution < -0.4 is 20.7 Å². The summed E-state index contributed by atoms with van der Waals surface area (Å²) < 4.78 is 5.84. The lowest BCUT2D eigenvalue weighted by molar-refractivity contribution is -0.119. The van der Waals surface area contributed by atoms with Gasteiger partial charge in [-0.25, -0.2) is 4.98 Å². The standard InChI is InChI=1S/C20H24N4O3/c1-12(2)27-16-8-14-13(7-15(16)18(21)26)3-5-22-19(14)24-6-4-20(11-24)9-17(25)23-10-20/h3,5,7-8,12H,4,6,9-11H2,1-2H3,(H2,21,26)(H,23,25). The molecule has 3 heterocycles. The van der Waals surface area contributed by atoms with Gasteiger partial charge in [-0.1, -0.05) is 0 Å². The van der Waals surface area contributed by atoms with Crippen molar-refractivity contribution in [1.29, 1.82) is 0 Å². The van der Waals surface area contributed by atoms with E-state index >= 15 is 0 Å². The molecule has 0 saturated carbocycles. The SMILES string of the molecule is CC(C)Oc1cc2c(N3CCC4(CNC(=O)C4)C3)nccc2cc1C(N)=O. The number of aromatic nitrogens is 1. The summed E-state index contributed by atoms with van der Waals surface area (Å²) in [6, 6.07) is 5.50. The van der Waals surface area contributed by atoms with Crippen molar-refractivity contribution in [3.8, 4) is 5.75 Å². The van der Waals surface area contributed by atoms with Crippen molar-refractivity contribution < 1.29 is 14.3 Å². The highest BCUT2D eigenvalue weighted by atomic mass is 16.5. The van der Waals surface area contributed by atoms with E-state index in [1.165, 1.54) is 0 Å². The lowest BCUT2D eigenvalue weighted by Gasteiger charge is -2.24. The van der Waals surface area contributed by atoms with E-state index in [2.05, 4.69) is 15.2 Å². The van der Waals surface area contributed by atoms with Gasteiger partial charge in [-0.2, -0.15) is 0 Å². The van der Waals surface area contributed by atoms with Crippen molar-refractivity contribution in [3.05, 3.63) is 30.0 Å². The molecule has 2 aromatic rings. The third kappa shape index (κ3) is 3.18. The highest BCUT2D eigenvalue weighted by Crippen LogP contribution is 2.40. The largest absolute Gasteiger partial charge is 0.490 e. The number of nitrogens with zero attached hydrogens (tertiary/aromatic N) is 2. The van der Waals surface area contributed by atoms with E-state index in [0.717, 1.165) is 42.6 Å². The Morgan fingerprint density at radius 1 is 1.41 bits per heavy atom. The zero-order valence-electron chi connectivity index (χ0n) is 15.6. The second-order valence-electron chi connectivity index (χ2n) is 7.86. The number of nitrogens with one attached hydrogen (secondary N) is 1. The number of ether oxygens (including phenoxy) is 1. The van der Waals surface area contributed by atoms with Gasteiger partial charge in [0.05, 0.1) is 11.7 Å². The van der Waals surface area contributed by atoms with Crippen LogP contribution in [0.25, 0.3) is 10.8 Å². The molecule has 1 atom stereocenters. The number of primary amides is 1. The van der Waals surface area contributed by atoms with Crippen LogP contribution >= 0.6 is 0 Å². The lowest BCUT2D eigenvalue weighted by atomic mass is 9.86. The second-order valence-corrected chi connectivity index (χ2v) is 7.86. The van der Waals surface area contributed by atoms with E-state index in [0.29, 0.717) is 17.7 Å². The summed E-state index contributed by atoms with van der Waals surface area (Å²) in [5.41, 5.74) is 5.91. The Bertz CT molecular complexity index is 927. The molecule has 4 rings (SSSR count). The number of carbonyl (C=O) groups excluding carboxylic acids is 2. The van der Waals surface area contributed by atoms with Crippen LogP contribution in [0.5, 0.6) is 5.75 Å². The Labute approximate surface area is 157 Å². The Balaban J connectivity index is 1.75. The monoisotopic (exact) mass is 368 g/mol. The Kier molecular flexibility index (Phi) is 4.17. The van der Waals surface area contributed by atoms with Crippen LogP contribution in [-0.2, 0) is 4.79 Å². The van der Waals surface area contributed by atoms with Crippen molar-refractivity contribution in [2.75, 3.05) is 24.5 Å². The third-order valence-corrected chi connectivity index (χ3v) is 5.41. The van der Waals surface area contributed by atoms with E-state index in [-0.39, 0.29) is 17.4 Å². The summed E-state index contributed by atoms with van der Waals surface area (Å²) in [5.74, 6) is 0.947. The highest BCUT2D eigenvalue weighted by molar-refractivity contribution is 6.03.